The highest BCUT2D eigenvalue weighted by Crippen LogP contribution is 2.23. The predicted molar refractivity (Wildman–Crippen MR) is 136 cm³/mol. The van der Waals surface area contributed by atoms with Gasteiger partial charge in [0.15, 0.2) is 5.16 Å². The first-order valence-electron chi connectivity index (χ1n) is 11.0. The molecule has 4 aromatic rings. The van der Waals surface area contributed by atoms with Crippen LogP contribution in [0, 0.1) is 13.8 Å². The zero-order valence-corrected chi connectivity index (χ0v) is 19.9. The van der Waals surface area contributed by atoms with Crippen LogP contribution in [0.5, 0.6) is 0 Å². The van der Waals surface area contributed by atoms with Crippen LogP contribution in [0.2, 0.25) is 0 Å². The molecule has 0 aliphatic rings. The van der Waals surface area contributed by atoms with Gasteiger partial charge in [-0.05, 0) is 49.1 Å². The maximum Gasteiger partial charge on any atom is 0.262 e. The summed E-state index contributed by atoms with van der Waals surface area (Å²) < 4.78 is 1.66. The van der Waals surface area contributed by atoms with E-state index in [-0.39, 0.29) is 17.2 Å². The number of benzene rings is 3. The second-order valence-electron chi connectivity index (χ2n) is 8.09. The number of amides is 1. The summed E-state index contributed by atoms with van der Waals surface area (Å²) in [6, 6.07) is 21.4. The molecule has 0 saturated carbocycles. The molecule has 0 bridgehead atoms. The molecular formula is C27H27N3O2S. The summed E-state index contributed by atoms with van der Waals surface area (Å²) in [5, 5.41) is 4.16. The van der Waals surface area contributed by atoms with Gasteiger partial charge in [0.1, 0.15) is 0 Å². The van der Waals surface area contributed by atoms with Crippen molar-refractivity contribution in [3.05, 3.63) is 99.3 Å². The summed E-state index contributed by atoms with van der Waals surface area (Å²) >= 11 is 1.28. The molecule has 0 fully saturated rings. The van der Waals surface area contributed by atoms with Gasteiger partial charge in [-0.2, -0.15) is 0 Å². The number of anilines is 1. The van der Waals surface area contributed by atoms with Crippen LogP contribution in [0.3, 0.4) is 0 Å². The topological polar surface area (TPSA) is 64.0 Å². The first-order chi connectivity index (χ1) is 16.0. The Hall–Kier alpha value is -3.38. The fraction of sp³-hybridized carbons (Fsp3) is 0.222. The van der Waals surface area contributed by atoms with Crippen LogP contribution in [0.25, 0.3) is 10.9 Å². The van der Waals surface area contributed by atoms with Gasteiger partial charge in [0, 0.05) is 5.69 Å². The lowest BCUT2D eigenvalue weighted by molar-refractivity contribution is -0.113. The van der Waals surface area contributed by atoms with Gasteiger partial charge in [0.2, 0.25) is 5.91 Å². The van der Waals surface area contributed by atoms with Crippen LogP contribution in [0.15, 0.2) is 76.7 Å². The minimum absolute atomic E-state index is 0.101. The summed E-state index contributed by atoms with van der Waals surface area (Å²) in [7, 11) is 0. The first-order valence-corrected chi connectivity index (χ1v) is 12.0. The number of hydrogen-bond acceptors (Lipinski definition) is 4. The Balaban J connectivity index is 1.62. The average molecular weight is 458 g/mol. The molecule has 0 unspecified atom stereocenters. The van der Waals surface area contributed by atoms with E-state index in [1.54, 1.807) is 10.6 Å². The molecule has 6 heteroatoms. The van der Waals surface area contributed by atoms with Gasteiger partial charge in [-0.25, -0.2) is 4.98 Å². The van der Waals surface area contributed by atoms with Crippen LogP contribution in [0.1, 0.15) is 29.2 Å². The van der Waals surface area contributed by atoms with Crippen LogP contribution in [-0.2, 0) is 17.8 Å². The number of thioether (sulfide) groups is 1. The van der Waals surface area contributed by atoms with Gasteiger partial charge < -0.3 is 5.32 Å². The van der Waals surface area contributed by atoms with Crippen molar-refractivity contribution in [2.45, 2.75) is 38.9 Å². The minimum atomic E-state index is -0.117. The Morgan fingerprint density at radius 1 is 1.00 bits per heavy atom. The van der Waals surface area contributed by atoms with Crippen LogP contribution < -0.4 is 10.9 Å². The van der Waals surface area contributed by atoms with Crippen molar-refractivity contribution in [1.29, 1.82) is 0 Å². The number of carbonyl (C=O) groups is 1. The number of nitrogens with zero attached hydrogens (tertiary/aromatic N) is 2. The first kappa shape index (κ1) is 22.8. The number of rotatable bonds is 7. The summed E-state index contributed by atoms with van der Waals surface area (Å²) in [6.45, 7) is 6.50. The van der Waals surface area contributed by atoms with Crippen LogP contribution in [-0.4, -0.2) is 21.2 Å². The summed E-state index contributed by atoms with van der Waals surface area (Å²) in [6.07, 6.45) is 0.840. The second-order valence-corrected chi connectivity index (χ2v) is 9.03. The highest BCUT2D eigenvalue weighted by atomic mass is 32.2. The van der Waals surface area contributed by atoms with Gasteiger partial charge >= 0.3 is 0 Å². The van der Waals surface area contributed by atoms with Gasteiger partial charge in [0.05, 0.1) is 23.2 Å². The standard InChI is InChI=1S/C27H27N3O2S/c1-4-21-9-7-8-19(3)25(21)29-24(31)17-33-27-28-23-11-6-5-10-22(23)26(32)30(27)16-20-14-12-18(2)13-15-20/h5-15H,4,16-17H2,1-3H3,(H,29,31). The Bertz CT molecular complexity index is 1360. The van der Waals surface area contributed by atoms with E-state index in [2.05, 4.69) is 12.2 Å². The van der Waals surface area contributed by atoms with E-state index in [9.17, 15) is 9.59 Å². The maximum absolute atomic E-state index is 13.3. The van der Waals surface area contributed by atoms with E-state index >= 15 is 0 Å². The molecular weight excluding hydrogens is 430 g/mol. The Morgan fingerprint density at radius 2 is 1.76 bits per heavy atom. The van der Waals surface area contributed by atoms with Crippen molar-refractivity contribution in [1.82, 2.24) is 9.55 Å². The SMILES string of the molecule is CCc1cccc(C)c1NC(=O)CSc1nc2ccccc2c(=O)n1Cc1ccc(C)cc1. The second kappa shape index (κ2) is 10.0. The number of aryl methyl sites for hydroxylation is 3. The largest absolute Gasteiger partial charge is 0.325 e. The molecule has 0 spiro atoms. The van der Waals surface area contributed by atoms with Crippen molar-refractivity contribution in [2.24, 2.45) is 0 Å². The van der Waals surface area contributed by atoms with Crippen LogP contribution >= 0.6 is 11.8 Å². The molecule has 3 aromatic carbocycles. The molecule has 168 valence electrons. The lowest BCUT2D eigenvalue weighted by atomic mass is 10.1. The quantitative estimate of drug-likeness (QED) is 0.300. The molecule has 1 aromatic heterocycles. The van der Waals surface area contributed by atoms with E-state index in [1.807, 2.05) is 74.5 Å². The van der Waals surface area contributed by atoms with E-state index in [0.717, 1.165) is 34.4 Å². The number of para-hydroxylation sites is 2. The minimum Gasteiger partial charge on any atom is -0.325 e. The summed E-state index contributed by atoms with van der Waals surface area (Å²) in [4.78, 5) is 30.8. The molecule has 1 heterocycles. The maximum atomic E-state index is 13.3. The summed E-state index contributed by atoms with van der Waals surface area (Å²) in [5.74, 6) is 0.0455. The summed E-state index contributed by atoms with van der Waals surface area (Å²) in [5.41, 5.74) is 5.72. The lowest BCUT2D eigenvalue weighted by Crippen LogP contribution is -2.25. The molecule has 4 rings (SSSR count). The normalized spacial score (nSPS) is 11.0. The highest BCUT2D eigenvalue weighted by molar-refractivity contribution is 7.99. The van der Waals surface area contributed by atoms with E-state index in [1.165, 1.54) is 11.8 Å². The monoisotopic (exact) mass is 457 g/mol. The van der Waals surface area contributed by atoms with E-state index in [0.29, 0.717) is 22.6 Å². The third-order valence-corrected chi connectivity index (χ3v) is 6.60. The molecule has 5 nitrogen and oxygen atoms in total. The number of carbonyl (C=O) groups excluding carboxylic acids is 1. The number of hydrogen-bond donors (Lipinski definition) is 1. The van der Waals surface area contributed by atoms with Gasteiger partial charge in [-0.15, -0.1) is 0 Å². The Morgan fingerprint density at radius 3 is 2.52 bits per heavy atom. The number of aromatic nitrogens is 2. The zero-order valence-electron chi connectivity index (χ0n) is 19.1. The van der Waals surface area contributed by atoms with E-state index in [4.69, 9.17) is 4.98 Å². The zero-order chi connectivity index (χ0) is 23.4. The molecule has 0 aliphatic heterocycles. The number of nitrogens with one attached hydrogen (secondary N) is 1. The van der Waals surface area contributed by atoms with Gasteiger partial charge in [-0.1, -0.05) is 78.8 Å². The fourth-order valence-corrected chi connectivity index (χ4v) is 4.58. The van der Waals surface area contributed by atoms with Crippen LogP contribution in [0.4, 0.5) is 5.69 Å². The lowest BCUT2D eigenvalue weighted by Gasteiger charge is -2.15. The van der Waals surface area contributed by atoms with Crippen molar-refractivity contribution < 1.29 is 4.79 Å². The van der Waals surface area contributed by atoms with Crippen molar-refractivity contribution in [2.75, 3.05) is 11.1 Å². The number of fused-ring (bicyclic) bond motifs is 1. The van der Waals surface area contributed by atoms with E-state index < -0.39 is 0 Å². The third kappa shape index (κ3) is 5.17. The Kier molecular flexibility index (Phi) is 6.94. The highest BCUT2D eigenvalue weighted by Gasteiger charge is 2.15. The van der Waals surface area contributed by atoms with Crippen molar-refractivity contribution in [3.8, 4) is 0 Å². The fourth-order valence-electron chi connectivity index (χ4n) is 3.78. The average Bonchev–Trinajstić information content (AvgIpc) is 2.82. The van der Waals surface area contributed by atoms with Crippen molar-refractivity contribution >= 4 is 34.3 Å². The molecule has 0 radical (unpaired) electrons. The molecule has 1 amide bonds. The molecule has 1 N–H and O–H groups in total. The Labute approximate surface area is 197 Å². The molecule has 0 atom stereocenters. The molecule has 33 heavy (non-hydrogen) atoms. The smallest absolute Gasteiger partial charge is 0.262 e. The van der Waals surface area contributed by atoms with Gasteiger partial charge in [-0.3, -0.25) is 14.2 Å². The predicted octanol–water partition coefficient (Wildman–Crippen LogP) is 5.35. The van der Waals surface area contributed by atoms with Gasteiger partial charge in [0.25, 0.3) is 5.56 Å². The van der Waals surface area contributed by atoms with Crippen molar-refractivity contribution in [3.63, 3.8) is 0 Å². The molecule has 0 saturated heterocycles. The third-order valence-electron chi connectivity index (χ3n) is 5.62. The molecule has 0 aliphatic carbocycles.